The summed E-state index contributed by atoms with van der Waals surface area (Å²) in [5.74, 6) is 0.0850. The van der Waals surface area contributed by atoms with Crippen molar-refractivity contribution in [3.63, 3.8) is 0 Å². The average molecular weight is 197 g/mol. The Kier molecular flexibility index (Phi) is 2.72. The molecule has 1 rings (SSSR count). The molecule has 1 amide bonds. The molecule has 3 nitrogen and oxygen atoms in total. The van der Waals surface area contributed by atoms with E-state index in [1.54, 1.807) is 12.0 Å². The van der Waals surface area contributed by atoms with E-state index >= 15 is 0 Å². The summed E-state index contributed by atoms with van der Waals surface area (Å²) in [6.45, 7) is 9.86. The molecule has 0 radical (unpaired) electrons. The van der Waals surface area contributed by atoms with Crippen LogP contribution in [0.3, 0.4) is 0 Å². The summed E-state index contributed by atoms with van der Waals surface area (Å²) in [5.41, 5.74) is 1.63. The minimum absolute atomic E-state index is 0.0850. The fourth-order valence-electron chi connectivity index (χ4n) is 1.77. The van der Waals surface area contributed by atoms with Gasteiger partial charge in [0.1, 0.15) is 0 Å². The molecule has 1 heterocycles. The molecule has 1 atom stereocenters. The molecule has 14 heavy (non-hydrogen) atoms. The molecule has 1 aliphatic heterocycles. The Balaban J connectivity index is 3.08. The van der Waals surface area contributed by atoms with Crippen LogP contribution in [0.15, 0.2) is 11.1 Å². The maximum atomic E-state index is 11.9. The number of methoxy groups -OCH3 is 1. The Labute approximate surface area is 85.7 Å². The second-order valence-corrected chi connectivity index (χ2v) is 4.74. The topological polar surface area (TPSA) is 29.5 Å². The molecule has 3 heteroatoms. The molecule has 0 aliphatic carbocycles. The molecule has 0 saturated carbocycles. The van der Waals surface area contributed by atoms with E-state index in [-0.39, 0.29) is 17.7 Å². The van der Waals surface area contributed by atoms with Crippen LogP contribution in [0.25, 0.3) is 0 Å². The maximum absolute atomic E-state index is 11.9. The fourth-order valence-corrected chi connectivity index (χ4v) is 1.77. The lowest BCUT2D eigenvalue weighted by Crippen LogP contribution is -2.49. The van der Waals surface area contributed by atoms with Crippen LogP contribution in [-0.2, 0) is 9.53 Å². The zero-order chi connectivity index (χ0) is 11.1. The van der Waals surface area contributed by atoms with Crippen molar-refractivity contribution in [3.05, 3.63) is 11.1 Å². The van der Waals surface area contributed by atoms with E-state index in [1.807, 2.05) is 34.6 Å². The molecule has 0 bridgehead atoms. The summed E-state index contributed by atoms with van der Waals surface area (Å²) in [6, 6.07) is 0. The average Bonchev–Trinajstić information content (AvgIpc) is 2.28. The van der Waals surface area contributed by atoms with Gasteiger partial charge in [-0.3, -0.25) is 4.79 Å². The standard InChI is InChI=1S/C11H19NO2/c1-7-8(2)10(14-6)12(9(7)13)11(3,4)5/h10H,1-6H3/t10-/m1/s1. The highest BCUT2D eigenvalue weighted by Gasteiger charge is 2.40. The molecule has 80 valence electrons. The van der Waals surface area contributed by atoms with Crippen molar-refractivity contribution in [2.45, 2.75) is 46.4 Å². The zero-order valence-corrected chi connectivity index (χ0v) is 9.84. The van der Waals surface area contributed by atoms with Crippen LogP contribution in [0.5, 0.6) is 0 Å². The third-order valence-corrected chi connectivity index (χ3v) is 2.68. The van der Waals surface area contributed by atoms with Crippen molar-refractivity contribution >= 4 is 5.91 Å². The van der Waals surface area contributed by atoms with E-state index in [9.17, 15) is 4.79 Å². The monoisotopic (exact) mass is 197 g/mol. The van der Waals surface area contributed by atoms with Gasteiger partial charge in [0.25, 0.3) is 5.91 Å². The first-order valence-corrected chi connectivity index (χ1v) is 4.84. The molecule has 0 aromatic carbocycles. The first-order valence-electron chi connectivity index (χ1n) is 4.84. The van der Waals surface area contributed by atoms with Crippen molar-refractivity contribution in [2.75, 3.05) is 7.11 Å². The first-order chi connectivity index (χ1) is 6.30. The lowest BCUT2D eigenvalue weighted by atomic mass is 10.1. The molecule has 0 saturated heterocycles. The molecule has 0 aromatic heterocycles. The summed E-state index contributed by atoms with van der Waals surface area (Å²) >= 11 is 0. The van der Waals surface area contributed by atoms with Gasteiger partial charge in [0, 0.05) is 18.2 Å². The van der Waals surface area contributed by atoms with Crippen LogP contribution < -0.4 is 0 Å². The molecule has 0 fully saturated rings. The number of hydrogen-bond acceptors (Lipinski definition) is 2. The van der Waals surface area contributed by atoms with E-state index in [1.165, 1.54) is 0 Å². The Bertz CT molecular complexity index is 286. The van der Waals surface area contributed by atoms with Crippen LogP contribution in [-0.4, -0.2) is 29.7 Å². The van der Waals surface area contributed by atoms with Gasteiger partial charge in [-0.1, -0.05) is 0 Å². The van der Waals surface area contributed by atoms with Gasteiger partial charge in [0.15, 0.2) is 6.23 Å². The largest absolute Gasteiger partial charge is 0.357 e. The molecular formula is C11H19NO2. The van der Waals surface area contributed by atoms with Gasteiger partial charge in [0.2, 0.25) is 0 Å². The molecule has 0 spiro atoms. The first kappa shape index (κ1) is 11.2. The summed E-state index contributed by atoms with van der Waals surface area (Å²) in [4.78, 5) is 13.7. The molecule has 0 N–H and O–H groups in total. The third kappa shape index (κ3) is 1.57. The summed E-state index contributed by atoms with van der Waals surface area (Å²) in [7, 11) is 1.64. The summed E-state index contributed by atoms with van der Waals surface area (Å²) in [6.07, 6.45) is -0.192. The minimum Gasteiger partial charge on any atom is -0.357 e. The summed E-state index contributed by atoms with van der Waals surface area (Å²) in [5, 5.41) is 0. The Hall–Kier alpha value is -0.830. The normalized spacial score (nSPS) is 23.7. The summed E-state index contributed by atoms with van der Waals surface area (Å²) < 4.78 is 5.35. The minimum atomic E-state index is -0.198. The molecule has 0 unspecified atom stereocenters. The highest BCUT2D eigenvalue weighted by Crippen LogP contribution is 2.31. The lowest BCUT2D eigenvalue weighted by molar-refractivity contribution is -0.141. The smallest absolute Gasteiger partial charge is 0.252 e. The fraction of sp³-hybridized carbons (Fsp3) is 0.727. The number of carbonyl (C=O) groups excluding carboxylic acids is 1. The predicted octanol–water partition coefficient (Wildman–Crippen LogP) is 1.94. The second kappa shape index (κ2) is 3.39. The molecule has 0 aromatic rings. The Morgan fingerprint density at radius 1 is 1.29 bits per heavy atom. The second-order valence-electron chi connectivity index (χ2n) is 4.74. The van der Waals surface area contributed by atoms with Gasteiger partial charge in [0.05, 0.1) is 0 Å². The highest BCUT2D eigenvalue weighted by molar-refractivity contribution is 5.97. The Morgan fingerprint density at radius 2 is 1.79 bits per heavy atom. The van der Waals surface area contributed by atoms with Crippen LogP contribution >= 0.6 is 0 Å². The van der Waals surface area contributed by atoms with E-state index in [0.717, 1.165) is 11.1 Å². The number of nitrogens with zero attached hydrogens (tertiary/aromatic N) is 1. The van der Waals surface area contributed by atoms with Gasteiger partial charge < -0.3 is 9.64 Å². The lowest BCUT2D eigenvalue weighted by Gasteiger charge is -2.37. The van der Waals surface area contributed by atoms with Crippen LogP contribution in [0.1, 0.15) is 34.6 Å². The van der Waals surface area contributed by atoms with E-state index < -0.39 is 0 Å². The van der Waals surface area contributed by atoms with Gasteiger partial charge in [-0.25, -0.2) is 0 Å². The van der Waals surface area contributed by atoms with Gasteiger partial charge in [-0.05, 0) is 40.2 Å². The highest BCUT2D eigenvalue weighted by atomic mass is 16.5. The number of carbonyl (C=O) groups is 1. The number of rotatable bonds is 1. The van der Waals surface area contributed by atoms with Gasteiger partial charge in [-0.15, -0.1) is 0 Å². The number of amides is 1. The maximum Gasteiger partial charge on any atom is 0.252 e. The number of hydrogen-bond donors (Lipinski definition) is 0. The van der Waals surface area contributed by atoms with Crippen molar-refractivity contribution in [3.8, 4) is 0 Å². The Morgan fingerprint density at radius 3 is 2.07 bits per heavy atom. The van der Waals surface area contributed by atoms with E-state index in [2.05, 4.69) is 0 Å². The van der Waals surface area contributed by atoms with Crippen molar-refractivity contribution in [1.82, 2.24) is 4.90 Å². The SMILES string of the molecule is CO[C@@H]1C(C)=C(C)C(=O)N1C(C)(C)C. The van der Waals surface area contributed by atoms with Crippen LogP contribution in [0, 0.1) is 0 Å². The number of ether oxygens (including phenoxy) is 1. The van der Waals surface area contributed by atoms with Crippen molar-refractivity contribution < 1.29 is 9.53 Å². The van der Waals surface area contributed by atoms with E-state index in [4.69, 9.17) is 4.74 Å². The van der Waals surface area contributed by atoms with Crippen LogP contribution in [0.4, 0.5) is 0 Å². The molecule has 1 aliphatic rings. The third-order valence-electron chi connectivity index (χ3n) is 2.68. The predicted molar refractivity (Wildman–Crippen MR) is 55.8 cm³/mol. The van der Waals surface area contributed by atoms with Crippen LogP contribution in [0.2, 0.25) is 0 Å². The van der Waals surface area contributed by atoms with Gasteiger partial charge in [-0.2, -0.15) is 0 Å². The molecular weight excluding hydrogens is 178 g/mol. The van der Waals surface area contributed by atoms with E-state index in [0.29, 0.717) is 0 Å². The van der Waals surface area contributed by atoms with Gasteiger partial charge >= 0.3 is 0 Å². The zero-order valence-electron chi connectivity index (χ0n) is 9.84. The van der Waals surface area contributed by atoms with Crippen molar-refractivity contribution in [1.29, 1.82) is 0 Å². The van der Waals surface area contributed by atoms with Crippen molar-refractivity contribution in [2.24, 2.45) is 0 Å². The quantitative estimate of drug-likeness (QED) is 0.643.